The second-order valence-corrected chi connectivity index (χ2v) is 4.61. The van der Waals surface area contributed by atoms with Crippen molar-refractivity contribution in [3.63, 3.8) is 0 Å². The Morgan fingerprint density at radius 3 is 2.60 bits per heavy atom. The number of hydrogen-bond acceptors (Lipinski definition) is 3. The molecule has 0 aliphatic heterocycles. The molecular weight excluding hydrogens is 192 g/mol. The van der Waals surface area contributed by atoms with Gasteiger partial charge in [-0.3, -0.25) is 9.48 Å². The molecule has 0 aliphatic rings. The van der Waals surface area contributed by atoms with Crippen LogP contribution in [0.25, 0.3) is 0 Å². The number of aromatic nitrogens is 2. The molecule has 0 atom stereocenters. The van der Waals surface area contributed by atoms with Crippen LogP contribution in [0, 0.1) is 5.41 Å². The highest BCUT2D eigenvalue weighted by Crippen LogP contribution is 2.14. The van der Waals surface area contributed by atoms with Crippen LogP contribution in [0.5, 0.6) is 0 Å². The molecule has 1 amide bonds. The molecule has 0 aromatic carbocycles. The van der Waals surface area contributed by atoms with Crippen LogP contribution < -0.4 is 11.1 Å². The van der Waals surface area contributed by atoms with Crippen LogP contribution in [-0.4, -0.2) is 15.7 Å². The van der Waals surface area contributed by atoms with Crippen LogP contribution >= 0.6 is 0 Å². The molecule has 1 rings (SSSR count). The predicted octanol–water partition coefficient (Wildman–Crippen LogP) is 0.665. The van der Waals surface area contributed by atoms with E-state index in [0.717, 1.165) is 5.56 Å². The SMILES string of the molecule is Cn1ncc(CNC(=O)C(C)(C)C)c1N. The molecule has 0 fully saturated rings. The smallest absolute Gasteiger partial charge is 0.225 e. The van der Waals surface area contributed by atoms with Gasteiger partial charge in [0.2, 0.25) is 5.91 Å². The van der Waals surface area contributed by atoms with E-state index >= 15 is 0 Å². The Morgan fingerprint density at radius 1 is 1.60 bits per heavy atom. The molecule has 5 heteroatoms. The Hall–Kier alpha value is -1.52. The monoisotopic (exact) mass is 210 g/mol. The summed E-state index contributed by atoms with van der Waals surface area (Å²) in [5.74, 6) is 0.593. The molecule has 0 radical (unpaired) electrons. The maximum Gasteiger partial charge on any atom is 0.225 e. The van der Waals surface area contributed by atoms with Gasteiger partial charge in [-0.1, -0.05) is 20.8 Å². The molecule has 84 valence electrons. The van der Waals surface area contributed by atoms with Crippen LogP contribution in [0.4, 0.5) is 5.82 Å². The number of hydrogen-bond donors (Lipinski definition) is 2. The van der Waals surface area contributed by atoms with Crippen LogP contribution in [0.3, 0.4) is 0 Å². The maximum atomic E-state index is 11.6. The standard InChI is InChI=1S/C10H18N4O/c1-10(2,3)9(15)12-5-7-6-13-14(4)8(7)11/h6H,5,11H2,1-4H3,(H,12,15). The Bertz CT molecular complexity index is 362. The average molecular weight is 210 g/mol. The highest BCUT2D eigenvalue weighted by molar-refractivity contribution is 5.81. The summed E-state index contributed by atoms with van der Waals surface area (Å²) in [5.41, 5.74) is 6.21. The minimum Gasteiger partial charge on any atom is -0.384 e. The highest BCUT2D eigenvalue weighted by Gasteiger charge is 2.20. The summed E-state index contributed by atoms with van der Waals surface area (Å²) in [6.07, 6.45) is 1.66. The maximum absolute atomic E-state index is 11.6. The van der Waals surface area contributed by atoms with Crippen molar-refractivity contribution < 1.29 is 4.79 Å². The van der Waals surface area contributed by atoms with E-state index < -0.39 is 0 Å². The van der Waals surface area contributed by atoms with Gasteiger partial charge in [0.25, 0.3) is 0 Å². The Morgan fingerprint density at radius 2 is 2.20 bits per heavy atom. The Labute approximate surface area is 89.6 Å². The minimum atomic E-state index is -0.378. The molecule has 0 unspecified atom stereocenters. The number of nitrogens with zero attached hydrogens (tertiary/aromatic N) is 2. The molecule has 0 saturated heterocycles. The van der Waals surface area contributed by atoms with E-state index in [2.05, 4.69) is 10.4 Å². The zero-order valence-corrected chi connectivity index (χ0v) is 9.66. The number of nitrogens with one attached hydrogen (secondary N) is 1. The summed E-state index contributed by atoms with van der Waals surface area (Å²) in [6.45, 7) is 6.04. The molecule has 1 heterocycles. The molecule has 1 aromatic heterocycles. The lowest BCUT2D eigenvalue weighted by molar-refractivity contribution is -0.128. The van der Waals surface area contributed by atoms with Gasteiger partial charge >= 0.3 is 0 Å². The number of carbonyl (C=O) groups excluding carboxylic acids is 1. The summed E-state index contributed by atoms with van der Waals surface area (Å²) in [7, 11) is 1.77. The third-order valence-corrected chi connectivity index (χ3v) is 2.18. The fraction of sp³-hybridized carbons (Fsp3) is 0.600. The van der Waals surface area contributed by atoms with Gasteiger partial charge in [0, 0.05) is 24.6 Å². The molecule has 1 aromatic rings. The number of carbonyl (C=O) groups is 1. The van der Waals surface area contributed by atoms with E-state index in [0.29, 0.717) is 12.4 Å². The zero-order chi connectivity index (χ0) is 11.6. The van der Waals surface area contributed by atoms with Crippen molar-refractivity contribution >= 4 is 11.7 Å². The van der Waals surface area contributed by atoms with Crippen molar-refractivity contribution in [3.05, 3.63) is 11.8 Å². The van der Waals surface area contributed by atoms with E-state index in [1.54, 1.807) is 17.9 Å². The van der Waals surface area contributed by atoms with Gasteiger partial charge in [-0.2, -0.15) is 5.10 Å². The number of anilines is 1. The summed E-state index contributed by atoms with van der Waals surface area (Å²) in [6, 6.07) is 0. The van der Waals surface area contributed by atoms with Crippen LogP contribution in [-0.2, 0) is 18.4 Å². The second kappa shape index (κ2) is 3.92. The Kier molecular flexibility index (Phi) is 3.02. The molecule has 0 saturated carbocycles. The zero-order valence-electron chi connectivity index (χ0n) is 9.66. The quantitative estimate of drug-likeness (QED) is 0.753. The number of rotatable bonds is 2. The molecule has 0 spiro atoms. The molecule has 3 N–H and O–H groups in total. The van der Waals surface area contributed by atoms with Crippen molar-refractivity contribution in [1.82, 2.24) is 15.1 Å². The number of amides is 1. The molecule has 0 aliphatic carbocycles. The van der Waals surface area contributed by atoms with Gasteiger partial charge < -0.3 is 11.1 Å². The first kappa shape index (κ1) is 11.6. The highest BCUT2D eigenvalue weighted by atomic mass is 16.2. The van der Waals surface area contributed by atoms with Crippen molar-refractivity contribution in [3.8, 4) is 0 Å². The van der Waals surface area contributed by atoms with Crippen LogP contribution in [0.2, 0.25) is 0 Å². The van der Waals surface area contributed by atoms with Gasteiger partial charge in [-0.15, -0.1) is 0 Å². The second-order valence-electron chi connectivity index (χ2n) is 4.61. The van der Waals surface area contributed by atoms with Crippen molar-refractivity contribution in [2.24, 2.45) is 12.5 Å². The first-order valence-corrected chi connectivity index (χ1v) is 4.87. The van der Waals surface area contributed by atoms with E-state index in [-0.39, 0.29) is 11.3 Å². The fourth-order valence-electron chi connectivity index (χ4n) is 1.07. The summed E-state index contributed by atoms with van der Waals surface area (Å²) >= 11 is 0. The van der Waals surface area contributed by atoms with E-state index in [1.165, 1.54) is 0 Å². The summed E-state index contributed by atoms with van der Waals surface area (Å²) < 4.78 is 1.58. The van der Waals surface area contributed by atoms with Crippen molar-refractivity contribution in [2.75, 3.05) is 5.73 Å². The van der Waals surface area contributed by atoms with Gasteiger partial charge in [0.1, 0.15) is 5.82 Å². The number of aryl methyl sites for hydroxylation is 1. The van der Waals surface area contributed by atoms with E-state index in [1.807, 2.05) is 20.8 Å². The number of nitrogens with two attached hydrogens (primary N) is 1. The van der Waals surface area contributed by atoms with Gasteiger partial charge in [-0.25, -0.2) is 0 Å². The van der Waals surface area contributed by atoms with E-state index in [4.69, 9.17) is 5.73 Å². The lowest BCUT2D eigenvalue weighted by Gasteiger charge is -2.17. The lowest BCUT2D eigenvalue weighted by Crippen LogP contribution is -2.34. The summed E-state index contributed by atoms with van der Waals surface area (Å²) in [4.78, 5) is 11.6. The first-order valence-electron chi connectivity index (χ1n) is 4.87. The van der Waals surface area contributed by atoms with Crippen molar-refractivity contribution in [2.45, 2.75) is 27.3 Å². The van der Waals surface area contributed by atoms with Crippen LogP contribution in [0.15, 0.2) is 6.20 Å². The van der Waals surface area contributed by atoms with E-state index in [9.17, 15) is 4.79 Å². The Balaban J connectivity index is 2.59. The summed E-state index contributed by atoms with van der Waals surface area (Å²) in [5, 5.41) is 6.82. The van der Waals surface area contributed by atoms with Gasteiger partial charge in [-0.05, 0) is 0 Å². The topological polar surface area (TPSA) is 72.9 Å². The lowest BCUT2D eigenvalue weighted by atomic mass is 9.96. The molecular formula is C10H18N4O. The average Bonchev–Trinajstić information content (AvgIpc) is 2.43. The third kappa shape index (κ3) is 2.71. The van der Waals surface area contributed by atoms with Crippen LogP contribution in [0.1, 0.15) is 26.3 Å². The normalized spacial score (nSPS) is 11.5. The van der Waals surface area contributed by atoms with Gasteiger partial charge in [0.05, 0.1) is 6.20 Å². The predicted molar refractivity (Wildman–Crippen MR) is 58.9 cm³/mol. The first-order chi connectivity index (χ1) is 6.82. The molecule has 0 bridgehead atoms. The molecule has 5 nitrogen and oxygen atoms in total. The minimum absolute atomic E-state index is 0.00533. The third-order valence-electron chi connectivity index (χ3n) is 2.18. The fourth-order valence-corrected chi connectivity index (χ4v) is 1.07. The number of nitrogen functional groups attached to an aromatic ring is 1. The largest absolute Gasteiger partial charge is 0.384 e. The van der Waals surface area contributed by atoms with Gasteiger partial charge in [0.15, 0.2) is 0 Å². The molecule has 15 heavy (non-hydrogen) atoms. The van der Waals surface area contributed by atoms with Crippen molar-refractivity contribution in [1.29, 1.82) is 0 Å².